The Morgan fingerprint density at radius 2 is 1.95 bits per heavy atom. The predicted molar refractivity (Wildman–Crippen MR) is 84.3 cm³/mol. The lowest BCUT2D eigenvalue weighted by Crippen LogP contribution is -2.67. The molecule has 3 aliphatic rings. The number of piperidine rings is 1. The first kappa shape index (κ1) is 12.9. The number of nitrogens with zero attached hydrogens (tertiary/aromatic N) is 3. The fourth-order valence-corrected chi connectivity index (χ4v) is 3.17. The number of hydrogen-bond donors (Lipinski definition) is 2. The average molecular weight is 302 g/mol. The van der Waals surface area contributed by atoms with Crippen molar-refractivity contribution in [2.24, 2.45) is 0 Å². The maximum atomic E-state index is 5.97. The average Bonchev–Trinajstić information content (AvgIpc) is 2.47. The van der Waals surface area contributed by atoms with Crippen molar-refractivity contribution in [3.63, 3.8) is 0 Å². The summed E-state index contributed by atoms with van der Waals surface area (Å²) in [6.07, 6.45) is 1.29. The number of benzene rings is 1. The summed E-state index contributed by atoms with van der Waals surface area (Å²) >= 11 is 5.97. The van der Waals surface area contributed by atoms with Crippen molar-refractivity contribution in [2.45, 2.75) is 18.5 Å². The van der Waals surface area contributed by atoms with Crippen molar-refractivity contribution in [3.8, 4) is 0 Å². The summed E-state index contributed by atoms with van der Waals surface area (Å²) in [4.78, 5) is 2.30. The van der Waals surface area contributed by atoms with E-state index in [1.54, 1.807) is 0 Å². The van der Waals surface area contributed by atoms with Crippen molar-refractivity contribution in [2.75, 3.05) is 23.3 Å². The van der Waals surface area contributed by atoms with Gasteiger partial charge in [-0.05, 0) is 36.8 Å². The smallest absolute Gasteiger partial charge is 0.153 e. The van der Waals surface area contributed by atoms with Crippen molar-refractivity contribution in [1.29, 1.82) is 0 Å². The van der Waals surface area contributed by atoms with Crippen molar-refractivity contribution in [1.82, 2.24) is 15.5 Å². The Hall–Kier alpha value is -1.85. The molecule has 5 rings (SSSR count). The molecule has 108 valence electrons. The highest BCUT2D eigenvalue weighted by molar-refractivity contribution is 6.30. The molecule has 0 aliphatic carbocycles. The Kier molecular flexibility index (Phi) is 3.16. The van der Waals surface area contributed by atoms with Gasteiger partial charge in [0.05, 0.1) is 0 Å². The molecule has 6 heteroatoms. The topological polar surface area (TPSA) is 53.1 Å². The largest absolute Gasteiger partial charge is 0.352 e. The normalized spacial score (nSPS) is 23.6. The van der Waals surface area contributed by atoms with Crippen molar-refractivity contribution in [3.05, 3.63) is 41.4 Å². The van der Waals surface area contributed by atoms with Crippen LogP contribution < -0.4 is 15.5 Å². The van der Waals surface area contributed by atoms with Crippen LogP contribution in [0.1, 0.15) is 6.42 Å². The van der Waals surface area contributed by atoms with Crippen LogP contribution in [0.5, 0.6) is 0 Å². The van der Waals surface area contributed by atoms with Gasteiger partial charge in [0.1, 0.15) is 0 Å². The van der Waals surface area contributed by atoms with E-state index in [4.69, 9.17) is 11.6 Å². The lowest BCUT2D eigenvalue weighted by molar-refractivity contribution is 0.225. The van der Waals surface area contributed by atoms with E-state index in [0.717, 1.165) is 30.4 Å². The second-order valence-electron chi connectivity index (χ2n) is 5.61. The molecule has 21 heavy (non-hydrogen) atoms. The molecule has 3 aliphatic heterocycles. The minimum Gasteiger partial charge on any atom is -0.352 e. The van der Waals surface area contributed by atoms with Crippen LogP contribution >= 0.6 is 11.6 Å². The summed E-state index contributed by atoms with van der Waals surface area (Å²) in [5, 5.41) is 16.0. The van der Waals surface area contributed by atoms with Gasteiger partial charge in [0, 0.05) is 35.9 Å². The number of hydrogen-bond acceptors (Lipinski definition) is 5. The van der Waals surface area contributed by atoms with Crippen LogP contribution in [-0.2, 0) is 0 Å². The maximum Gasteiger partial charge on any atom is 0.153 e. The standard InChI is InChI=1S/C15H16ClN5/c16-10-2-1-3-11(6-10)18-14-4-5-15(20-19-14)21-8-12-7-13(9-21)17-12/h1-6,12-13,17H,7-9H2,(H,18,19). The van der Waals surface area contributed by atoms with Gasteiger partial charge in [-0.3, -0.25) is 0 Å². The summed E-state index contributed by atoms with van der Waals surface area (Å²) in [6.45, 7) is 2.04. The van der Waals surface area contributed by atoms with E-state index in [9.17, 15) is 0 Å². The molecule has 2 unspecified atom stereocenters. The molecule has 2 N–H and O–H groups in total. The van der Waals surface area contributed by atoms with E-state index in [1.165, 1.54) is 6.42 Å². The highest BCUT2D eigenvalue weighted by Crippen LogP contribution is 2.25. The van der Waals surface area contributed by atoms with Crippen LogP contribution in [0.4, 0.5) is 17.3 Å². The Labute approximate surface area is 128 Å². The quantitative estimate of drug-likeness (QED) is 0.912. The molecule has 2 bridgehead atoms. The summed E-state index contributed by atoms with van der Waals surface area (Å²) in [5.74, 6) is 1.67. The fourth-order valence-electron chi connectivity index (χ4n) is 2.98. The molecule has 3 saturated heterocycles. The molecule has 1 aromatic heterocycles. The zero-order valence-corrected chi connectivity index (χ0v) is 12.2. The summed E-state index contributed by atoms with van der Waals surface area (Å²) < 4.78 is 0. The Bertz CT molecular complexity index is 629. The SMILES string of the molecule is Clc1cccc(Nc2ccc(N3CC4CC(C3)N4)nn2)c1. The molecule has 0 saturated carbocycles. The molecular formula is C15H16ClN5. The summed E-state index contributed by atoms with van der Waals surface area (Å²) in [6, 6.07) is 12.8. The van der Waals surface area contributed by atoms with Crippen LogP contribution in [0.2, 0.25) is 5.02 Å². The van der Waals surface area contributed by atoms with Crippen LogP contribution in [0.3, 0.4) is 0 Å². The van der Waals surface area contributed by atoms with Gasteiger partial charge in [-0.15, -0.1) is 10.2 Å². The molecule has 5 nitrogen and oxygen atoms in total. The maximum absolute atomic E-state index is 5.97. The number of piperazine rings is 1. The molecule has 3 fully saturated rings. The zero-order chi connectivity index (χ0) is 14.2. The van der Waals surface area contributed by atoms with E-state index in [0.29, 0.717) is 17.1 Å². The lowest BCUT2D eigenvalue weighted by atomic mass is 9.91. The second-order valence-corrected chi connectivity index (χ2v) is 6.05. The van der Waals surface area contributed by atoms with E-state index >= 15 is 0 Å². The van der Waals surface area contributed by atoms with Crippen LogP contribution in [0.25, 0.3) is 0 Å². The number of nitrogens with one attached hydrogen (secondary N) is 2. The number of rotatable bonds is 3. The van der Waals surface area contributed by atoms with Gasteiger partial charge in [-0.25, -0.2) is 0 Å². The Balaban J connectivity index is 1.46. The third-order valence-corrected chi connectivity index (χ3v) is 4.23. The first-order chi connectivity index (χ1) is 10.3. The van der Waals surface area contributed by atoms with Gasteiger partial charge in [0.25, 0.3) is 0 Å². The molecule has 1 aromatic carbocycles. The number of fused-ring (bicyclic) bond motifs is 2. The van der Waals surface area contributed by atoms with Crippen LogP contribution in [0.15, 0.2) is 36.4 Å². The molecule has 4 heterocycles. The summed E-state index contributed by atoms with van der Waals surface area (Å²) in [5.41, 5.74) is 0.910. The van der Waals surface area contributed by atoms with Crippen molar-refractivity contribution < 1.29 is 0 Å². The molecule has 2 aromatic rings. The first-order valence-corrected chi connectivity index (χ1v) is 7.51. The molecular weight excluding hydrogens is 286 g/mol. The molecule has 0 amide bonds. The third-order valence-electron chi connectivity index (χ3n) is 3.99. The predicted octanol–water partition coefficient (Wildman–Crippen LogP) is 2.42. The lowest BCUT2D eigenvalue weighted by Gasteiger charge is -2.48. The van der Waals surface area contributed by atoms with Gasteiger partial charge in [-0.2, -0.15) is 0 Å². The highest BCUT2D eigenvalue weighted by atomic mass is 35.5. The minimum absolute atomic E-state index is 0.620. The Morgan fingerprint density at radius 3 is 2.62 bits per heavy atom. The monoisotopic (exact) mass is 301 g/mol. The molecule has 2 atom stereocenters. The highest BCUT2D eigenvalue weighted by Gasteiger charge is 2.36. The van der Waals surface area contributed by atoms with Gasteiger partial charge < -0.3 is 15.5 Å². The summed E-state index contributed by atoms with van der Waals surface area (Å²) in [7, 11) is 0. The number of halogens is 1. The van der Waals surface area contributed by atoms with E-state index in [2.05, 4.69) is 25.7 Å². The number of aromatic nitrogens is 2. The third kappa shape index (κ3) is 2.66. The number of anilines is 3. The molecule has 0 spiro atoms. The van der Waals surface area contributed by atoms with Crippen LogP contribution in [0, 0.1) is 0 Å². The Morgan fingerprint density at radius 1 is 1.14 bits per heavy atom. The van der Waals surface area contributed by atoms with E-state index < -0.39 is 0 Å². The van der Waals surface area contributed by atoms with Crippen molar-refractivity contribution >= 4 is 28.9 Å². The zero-order valence-electron chi connectivity index (χ0n) is 11.5. The minimum atomic E-state index is 0.620. The van der Waals surface area contributed by atoms with Gasteiger partial charge >= 0.3 is 0 Å². The van der Waals surface area contributed by atoms with E-state index in [-0.39, 0.29) is 0 Å². The van der Waals surface area contributed by atoms with Gasteiger partial charge in [0.15, 0.2) is 11.6 Å². The second kappa shape index (κ2) is 5.16. The van der Waals surface area contributed by atoms with Crippen LogP contribution in [-0.4, -0.2) is 35.4 Å². The van der Waals surface area contributed by atoms with Gasteiger partial charge in [-0.1, -0.05) is 17.7 Å². The van der Waals surface area contributed by atoms with E-state index in [1.807, 2.05) is 36.4 Å². The molecule has 0 radical (unpaired) electrons. The fraction of sp³-hybridized carbons (Fsp3) is 0.333. The first-order valence-electron chi connectivity index (χ1n) is 7.13. The van der Waals surface area contributed by atoms with Gasteiger partial charge in [0.2, 0.25) is 0 Å².